The number of aliphatic hydroxyl groups is 1. The lowest BCUT2D eigenvalue weighted by atomic mass is 10.1. The molecule has 0 spiro atoms. The van der Waals surface area contributed by atoms with Gasteiger partial charge in [0.25, 0.3) is 0 Å². The molecule has 2 fully saturated rings. The largest absolute Gasteiger partial charge is 0.487 e. The van der Waals surface area contributed by atoms with Crippen molar-refractivity contribution in [3.8, 4) is 23.1 Å². The van der Waals surface area contributed by atoms with Gasteiger partial charge in [-0.1, -0.05) is 0 Å². The molecule has 5 rings (SSSR count). The van der Waals surface area contributed by atoms with Crippen molar-refractivity contribution in [3.63, 3.8) is 0 Å². The molecule has 3 heterocycles. The summed E-state index contributed by atoms with van der Waals surface area (Å²) >= 11 is 0. The van der Waals surface area contributed by atoms with Gasteiger partial charge in [0.05, 0.1) is 17.8 Å². The predicted molar refractivity (Wildman–Crippen MR) is 144 cm³/mol. The maximum Gasteiger partial charge on any atom is 0.248 e. The lowest BCUT2D eigenvalue weighted by Gasteiger charge is -2.34. The molecule has 3 aromatic rings. The fourth-order valence-electron chi connectivity index (χ4n) is 4.74. The number of rotatable bonds is 7. The molecule has 1 amide bonds. The molecular formula is C28H31N7O3. The number of aromatic nitrogens is 2. The van der Waals surface area contributed by atoms with Crippen LogP contribution in [0.15, 0.2) is 54.7 Å². The molecule has 38 heavy (non-hydrogen) atoms. The Morgan fingerprint density at radius 1 is 1.13 bits per heavy atom. The van der Waals surface area contributed by atoms with Crippen molar-refractivity contribution in [2.45, 2.75) is 12.5 Å². The average molecular weight is 514 g/mol. The normalized spacial score (nSPS) is 17.8. The quantitative estimate of drug-likeness (QED) is 0.491. The van der Waals surface area contributed by atoms with E-state index in [9.17, 15) is 10.1 Å². The van der Waals surface area contributed by atoms with Crippen molar-refractivity contribution in [2.24, 2.45) is 0 Å². The van der Waals surface area contributed by atoms with Gasteiger partial charge < -0.3 is 29.9 Å². The fraction of sp³-hybridized carbons (Fsp3) is 0.357. The van der Waals surface area contributed by atoms with E-state index in [-0.39, 0.29) is 12.0 Å². The molecule has 2 saturated heterocycles. The summed E-state index contributed by atoms with van der Waals surface area (Å²) in [6, 6.07) is 17.6. The zero-order valence-electron chi connectivity index (χ0n) is 21.4. The van der Waals surface area contributed by atoms with Crippen LogP contribution in [0.2, 0.25) is 0 Å². The van der Waals surface area contributed by atoms with E-state index in [1.54, 1.807) is 29.3 Å². The zero-order chi connectivity index (χ0) is 26.5. The Bertz CT molecular complexity index is 1320. The van der Waals surface area contributed by atoms with Gasteiger partial charge in [0.15, 0.2) is 0 Å². The van der Waals surface area contributed by atoms with Crippen LogP contribution in [0.1, 0.15) is 12.0 Å². The van der Waals surface area contributed by atoms with Gasteiger partial charge >= 0.3 is 0 Å². The molecule has 1 atom stereocenters. The van der Waals surface area contributed by atoms with Crippen molar-refractivity contribution in [1.29, 1.82) is 5.26 Å². The topological polar surface area (TPSA) is 118 Å². The average Bonchev–Trinajstić information content (AvgIpc) is 3.42. The SMILES string of the molecule is CN1CCN(c2ccc(Nc3nccc(-c4ccc(OC5CCN(C(=O)CO)C5)c(C#N)c4)n3)cc2)CC1. The lowest BCUT2D eigenvalue weighted by Crippen LogP contribution is -2.44. The van der Waals surface area contributed by atoms with Crippen LogP contribution in [-0.4, -0.2) is 89.8 Å². The third-order valence-electron chi connectivity index (χ3n) is 6.97. The van der Waals surface area contributed by atoms with Crippen LogP contribution >= 0.6 is 0 Å². The Morgan fingerprint density at radius 3 is 2.66 bits per heavy atom. The summed E-state index contributed by atoms with van der Waals surface area (Å²) in [6.07, 6.45) is 2.11. The minimum Gasteiger partial charge on any atom is -0.487 e. The number of hydrogen-bond acceptors (Lipinski definition) is 9. The molecular weight excluding hydrogens is 482 g/mol. The third-order valence-corrected chi connectivity index (χ3v) is 6.97. The lowest BCUT2D eigenvalue weighted by molar-refractivity contribution is -0.133. The van der Waals surface area contributed by atoms with Crippen molar-refractivity contribution in [1.82, 2.24) is 19.8 Å². The van der Waals surface area contributed by atoms with Crippen molar-refractivity contribution in [3.05, 3.63) is 60.3 Å². The molecule has 1 unspecified atom stereocenters. The van der Waals surface area contributed by atoms with Gasteiger partial charge in [-0.05, 0) is 55.6 Å². The number of hydrogen-bond donors (Lipinski definition) is 2. The van der Waals surface area contributed by atoms with E-state index in [1.165, 1.54) is 5.69 Å². The van der Waals surface area contributed by atoms with Gasteiger partial charge in [-0.25, -0.2) is 9.97 Å². The summed E-state index contributed by atoms with van der Waals surface area (Å²) in [7, 11) is 2.15. The number of piperazine rings is 1. The number of nitriles is 1. The van der Waals surface area contributed by atoms with Crippen LogP contribution in [0.4, 0.5) is 17.3 Å². The minimum atomic E-state index is -0.511. The Morgan fingerprint density at radius 2 is 1.92 bits per heavy atom. The number of carbonyl (C=O) groups excluding carboxylic acids is 1. The minimum absolute atomic E-state index is 0.221. The molecule has 0 saturated carbocycles. The molecule has 2 aliphatic rings. The van der Waals surface area contributed by atoms with Gasteiger partial charge in [-0.3, -0.25) is 4.79 Å². The van der Waals surface area contributed by atoms with Crippen molar-refractivity contribution in [2.75, 3.05) is 63.1 Å². The molecule has 0 bridgehead atoms. The summed E-state index contributed by atoms with van der Waals surface area (Å²) in [5.74, 6) is 0.617. The number of likely N-dealkylation sites (tertiary alicyclic amines) is 1. The summed E-state index contributed by atoms with van der Waals surface area (Å²) < 4.78 is 6.03. The predicted octanol–water partition coefficient (Wildman–Crippen LogP) is 2.48. The van der Waals surface area contributed by atoms with Crippen molar-refractivity contribution < 1.29 is 14.6 Å². The maximum absolute atomic E-state index is 11.7. The first-order chi connectivity index (χ1) is 18.5. The van der Waals surface area contributed by atoms with Gasteiger partial charge in [0, 0.05) is 62.3 Å². The first-order valence-electron chi connectivity index (χ1n) is 12.8. The summed E-state index contributed by atoms with van der Waals surface area (Å²) in [6.45, 7) is 4.57. The second-order valence-corrected chi connectivity index (χ2v) is 9.58. The van der Waals surface area contributed by atoms with Crippen LogP contribution in [-0.2, 0) is 4.79 Å². The Labute approximate surface area is 222 Å². The van der Waals surface area contributed by atoms with E-state index in [2.05, 4.69) is 50.3 Å². The van der Waals surface area contributed by atoms with E-state index in [0.29, 0.717) is 42.5 Å². The maximum atomic E-state index is 11.7. The molecule has 2 aliphatic heterocycles. The van der Waals surface area contributed by atoms with Crippen LogP contribution in [0.5, 0.6) is 5.75 Å². The molecule has 10 heteroatoms. The van der Waals surface area contributed by atoms with Crippen LogP contribution in [0.3, 0.4) is 0 Å². The van der Waals surface area contributed by atoms with E-state index >= 15 is 0 Å². The first kappa shape index (κ1) is 25.4. The highest BCUT2D eigenvalue weighted by Crippen LogP contribution is 2.28. The number of aliphatic hydroxyl groups excluding tert-OH is 1. The van der Waals surface area contributed by atoms with Gasteiger partial charge in [0.2, 0.25) is 11.9 Å². The van der Waals surface area contributed by atoms with Crippen LogP contribution < -0.4 is 15.0 Å². The summed E-state index contributed by atoms with van der Waals surface area (Å²) in [4.78, 5) is 27.0. The molecule has 196 valence electrons. The molecule has 2 N–H and O–H groups in total. The Balaban J connectivity index is 1.25. The first-order valence-corrected chi connectivity index (χ1v) is 12.8. The number of benzene rings is 2. The number of carbonyl (C=O) groups is 1. The summed E-state index contributed by atoms with van der Waals surface area (Å²) in [5.41, 5.74) is 3.94. The molecule has 0 radical (unpaired) electrons. The van der Waals surface area contributed by atoms with E-state index in [4.69, 9.17) is 9.84 Å². The number of ether oxygens (including phenoxy) is 1. The van der Waals surface area contributed by atoms with Gasteiger partial charge in [-0.2, -0.15) is 5.26 Å². The number of likely N-dealkylation sites (N-methyl/N-ethyl adjacent to an activating group) is 1. The van der Waals surface area contributed by atoms with E-state index in [0.717, 1.165) is 37.4 Å². The second kappa shape index (κ2) is 11.5. The molecule has 0 aliphatic carbocycles. The van der Waals surface area contributed by atoms with Gasteiger partial charge in [0.1, 0.15) is 24.5 Å². The second-order valence-electron chi connectivity index (χ2n) is 9.58. The van der Waals surface area contributed by atoms with Gasteiger partial charge in [-0.15, -0.1) is 0 Å². The molecule has 10 nitrogen and oxygen atoms in total. The van der Waals surface area contributed by atoms with Crippen LogP contribution in [0.25, 0.3) is 11.3 Å². The fourth-order valence-corrected chi connectivity index (χ4v) is 4.74. The van der Waals surface area contributed by atoms with E-state index < -0.39 is 6.61 Å². The van der Waals surface area contributed by atoms with Crippen molar-refractivity contribution >= 4 is 23.2 Å². The van der Waals surface area contributed by atoms with Crippen LogP contribution in [0, 0.1) is 11.3 Å². The Hall–Kier alpha value is -4.20. The highest BCUT2D eigenvalue weighted by molar-refractivity contribution is 5.77. The molecule has 1 aromatic heterocycles. The monoisotopic (exact) mass is 513 g/mol. The smallest absolute Gasteiger partial charge is 0.248 e. The summed E-state index contributed by atoms with van der Waals surface area (Å²) in [5, 5.41) is 22.1. The highest BCUT2D eigenvalue weighted by atomic mass is 16.5. The number of anilines is 3. The zero-order valence-corrected chi connectivity index (χ0v) is 21.4. The number of amides is 1. The highest BCUT2D eigenvalue weighted by Gasteiger charge is 2.27. The van der Waals surface area contributed by atoms with E-state index in [1.807, 2.05) is 18.2 Å². The standard InChI is InChI=1S/C28H31N7O3/c1-33-12-14-34(15-13-33)23-5-3-22(4-6-23)31-28-30-10-8-25(32-28)20-2-7-26(21(16-20)17-29)38-24-9-11-35(18-24)27(37)19-36/h2-8,10,16,24,36H,9,11-15,18-19H2,1H3,(H,30,31,32). The Kier molecular flexibility index (Phi) is 7.67. The third kappa shape index (κ3) is 5.85. The number of nitrogens with one attached hydrogen (secondary N) is 1. The molecule has 2 aromatic carbocycles. The number of nitrogens with zero attached hydrogens (tertiary/aromatic N) is 6.